The smallest absolute Gasteiger partial charge is 0.407 e. The summed E-state index contributed by atoms with van der Waals surface area (Å²) in [5.41, 5.74) is 5.54. The average molecular weight is 736 g/mol. The summed E-state index contributed by atoms with van der Waals surface area (Å²) in [4.78, 5) is 44.6. The van der Waals surface area contributed by atoms with Crippen LogP contribution in [0, 0.1) is 11.6 Å². The molecule has 0 aliphatic carbocycles. The first-order chi connectivity index (χ1) is 26.2. The lowest BCUT2D eigenvalue weighted by Gasteiger charge is -2.09. The van der Waals surface area contributed by atoms with Gasteiger partial charge in [-0.15, -0.1) is 0 Å². The maximum Gasteiger partial charge on any atom is 0.407 e. The number of amides is 2. The second-order valence-corrected chi connectivity index (χ2v) is 11.8. The molecule has 0 unspecified atom stereocenters. The fourth-order valence-corrected chi connectivity index (χ4v) is 5.10. The Balaban J connectivity index is 0.000000213. The largest absolute Gasteiger partial charge is 0.465 e. The summed E-state index contributed by atoms with van der Waals surface area (Å²) in [6, 6.07) is 30.9. The fourth-order valence-electron chi connectivity index (χ4n) is 5.10. The predicted octanol–water partition coefficient (Wildman–Crippen LogP) is 7.62. The van der Waals surface area contributed by atoms with Crippen molar-refractivity contribution in [3.05, 3.63) is 156 Å². The topological polar surface area (TPSA) is 133 Å². The fraction of sp³-hybridized carbons (Fsp3) is 0.195. The van der Waals surface area contributed by atoms with E-state index < -0.39 is 18.2 Å². The number of ether oxygens (including phenoxy) is 3. The van der Waals surface area contributed by atoms with Crippen LogP contribution in [0.3, 0.4) is 0 Å². The molecular weight excluding hydrogens is 696 g/mol. The second-order valence-electron chi connectivity index (χ2n) is 11.8. The summed E-state index contributed by atoms with van der Waals surface area (Å²) in [6.07, 6.45) is 3.20. The van der Waals surface area contributed by atoms with Gasteiger partial charge in [0.1, 0.15) is 37.2 Å². The van der Waals surface area contributed by atoms with E-state index in [4.69, 9.17) is 14.2 Å². The number of imidazole rings is 1. The number of hydrogen-bond acceptors (Lipinski definition) is 8. The summed E-state index contributed by atoms with van der Waals surface area (Å²) < 4.78 is 43.1. The number of nitrogens with one attached hydrogen (secondary N) is 2. The molecule has 0 spiro atoms. The van der Waals surface area contributed by atoms with E-state index in [9.17, 15) is 23.2 Å². The quantitative estimate of drug-likeness (QED) is 0.0940. The molecule has 0 saturated carbocycles. The minimum Gasteiger partial charge on any atom is -0.465 e. The molecule has 2 N–H and O–H groups in total. The zero-order valence-corrected chi connectivity index (χ0v) is 29.5. The highest BCUT2D eigenvalue weighted by Gasteiger charge is 2.15. The maximum atomic E-state index is 13.2. The van der Waals surface area contributed by atoms with Crippen LogP contribution in [0.2, 0.25) is 0 Å². The molecule has 278 valence electrons. The molecule has 4 aromatic carbocycles. The number of aromatic nitrogens is 2. The zero-order chi connectivity index (χ0) is 38.1. The van der Waals surface area contributed by atoms with Gasteiger partial charge in [-0.2, -0.15) is 0 Å². The highest BCUT2D eigenvalue weighted by molar-refractivity contribution is 5.98. The van der Waals surface area contributed by atoms with Crippen molar-refractivity contribution >= 4 is 29.6 Å². The lowest BCUT2D eigenvalue weighted by Crippen LogP contribution is -2.29. The number of carbonyl (C=O) groups excluding carboxylic acids is 3. The summed E-state index contributed by atoms with van der Waals surface area (Å²) in [5, 5.41) is 5.32. The van der Waals surface area contributed by atoms with E-state index >= 15 is 0 Å². The second kappa shape index (κ2) is 19.8. The molecule has 54 heavy (non-hydrogen) atoms. The number of nitrogens with zero attached hydrogens (tertiary/aromatic N) is 3. The molecule has 0 atom stereocenters. The molecule has 0 radical (unpaired) electrons. The monoisotopic (exact) mass is 735 g/mol. The molecule has 2 heterocycles. The molecule has 0 fully saturated rings. The van der Waals surface area contributed by atoms with E-state index in [1.54, 1.807) is 42.0 Å². The Morgan fingerprint density at radius 1 is 0.704 bits per heavy atom. The Kier molecular flexibility index (Phi) is 14.2. The van der Waals surface area contributed by atoms with Crippen molar-refractivity contribution in [1.29, 1.82) is 0 Å². The highest BCUT2D eigenvalue weighted by atomic mass is 19.1. The van der Waals surface area contributed by atoms with Crippen LogP contribution in [-0.2, 0) is 45.3 Å². The normalized spacial score (nSPS) is 11.7. The molecule has 11 nitrogen and oxygen atoms in total. The number of halogens is 2. The van der Waals surface area contributed by atoms with E-state index in [0.29, 0.717) is 30.0 Å². The van der Waals surface area contributed by atoms with E-state index in [1.165, 1.54) is 24.3 Å². The third-order valence-corrected chi connectivity index (χ3v) is 7.81. The van der Waals surface area contributed by atoms with Crippen molar-refractivity contribution in [1.82, 2.24) is 20.2 Å². The van der Waals surface area contributed by atoms with Gasteiger partial charge in [-0.05, 0) is 72.1 Å². The van der Waals surface area contributed by atoms with Gasteiger partial charge >= 0.3 is 18.2 Å². The first kappa shape index (κ1) is 38.6. The molecule has 5 aromatic rings. The Bertz CT molecular complexity index is 2050. The van der Waals surface area contributed by atoms with Crippen molar-refractivity contribution in [2.75, 3.05) is 13.2 Å². The molecule has 2 amide bonds. The molecule has 0 saturated heterocycles. The first-order valence-electron chi connectivity index (χ1n) is 17.1. The van der Waals surface area contributed by atoms with E-state index in [-0.39, 0.29) is 44.5 Å². The molecule has 1 aromatic heterocycles. The van der Waals surface area contributed by atoms with Gasteiger partial charge in [-0.1, -0.05) is 66.7 Å². The molecule has 13 heteroatoms. The van der Waals surface area contributed by atoms with Crippen LogP contribution in [-0.4, -0.2) is 46.6 Å². The summed E-state index contributed by atoms with van der Waals surface area (Å²) >= 11 is 0. The van der Waals surface area contributed by atoms with Crippen molar-refractivity contribution < 1.29 is 37.4 Å². The summed E-state index contributed by atoms with van der Waals surface area (Å²) in [6.45, 7) is 2.68. The van der Waals surface area contributed by atoms with Crippen molar-refractivity contribution in [3.8, 4) is 11.3 Å². The number of hydrogen-bond donors (Lipinski definition) is 2. The number of carbonyl (C=O) groups is 3. The van der Waals surface area contributed by atoms with Gasteiger partial charge < -0.3 is 29.4 Å². The molecule has 0 bridgehead atoms. The molecular formula is C41H39F2N5O6. The van der Waals surface area contributed by atoms with Crippen LogP contribution in [0.4, 0.5) is 18.4 Å². The first-order valence-corrected chi connectivity index (χ1v) is 17.1. The van der Waals surface area contributed by atoms with Gasteiger partial charge in [0.2, 0.25) is 0 Å². The SMILES string of the molecule is CCOC(=O)Cn1cc(-c2ccc(F)cc2)nc1CNC(=O)OCc1ccccc1.O=C(NCC1=NC(c2ccc(F)cc2)=CC1)OCc1ccccc1. The Labute approximate surface area is 311 Å². The number of allylic oxidation sites excluding steroid dienone is 1. The van der Waals surface area contributed by atoms with E-state index in [1.807, 2.05) is 66.7 Å². The summed E-state index contributed by atoms with van der Waals surface area (Å²) in [7, 11) is 0. The van der Waals surface area contributed by atoms with Gasteiger partial charge in [-0.3, -0.25) is 9.79 Å². The van der Waals surface area contributed by atoms with Crippen molar-refractivity contribution in [3.63, 3.8) is 0 Å². The summed E-state index contributed by atoms with van der Waals surface area (Å²) in [5.74, 6) is -0.607. The average Bonchev–Trinajstić information content (AvgIpc) is 3.83. The lowest BCUT2D eigenvalue weighted by molar-refractivity contribution is -0.143. The Morgan fingerprint density at radius 2 is 1.24 bits per heavy atom. The zero-order valence-electron chi connectivity index (χ0n) is 29.5. The number of rotatable bonds is 13. The number of esters is 1. The van der Waals surface area contributed by atoms with Crippen molar-refractivity contribution in [2.24, 2.45) is 4.99 Å². The van der Waals surface area contributed by atoms with Crippen LogP contribution in [0.25, 0.3) is 17.0 Å². The number of alkyl carbamates (subject to hydrolysis) is 2. The van der Waals surface area contributed by atoms with Gasteiger partial charge in [0.15, 0.2) is 0 Å². The molecule has 1 aliphatic heterocycles. The van der Waals surface area contributed by atoms with Crippen LogP contribution < -0.4 is 10.6 Å². The third-order valence-electron chi connectivity index (χ3n) is 7.81. The predicted molar refractivity (Wildman–Crippen MR) is 199 cm³/mol. The lowest BCUT2D eigenvalue weighted by atomic mass is 10.1. The van der Waals surface area contributed by atoms with E-state index in [2.05, 4.69) is 20.6 Å². The maximum absolute atomic E-state index is 13.2. The Hall–Kier alpha value is -6.63. The minimum atomic E-state index is -0.604. The third kappa shape index (κ3) is 12.3. The van der Waals surface area contributed by atoms with Crippen LogP contribution in [0.1, 0.15) is 35.9 Å². The van der Waals surface area contributed by atoms with Gasteiger partial charge in [0.25, 0.3) is 0 Å². The van der Waals surface area contributed by atoms with Gasteiger partial charge in [0, 0.05) is 23.9 Å². The molecule has 1 aliphatic rings. The standard InChI is InChI=1S/C22H22FN3O4.C19H17FN2O2/c1-2-29-21(27)14-26-13-19(17-8-10-18(23)11-9-17)25-20(26)12-24-22(28)30-15-16-6-4-3-5-7-16;20-16-8-6-15(7-9-16)18-11-10-17(22-18)12-21-19(23)24-13-14-4-2-1-3-5-14/h3-11,13H,2,12,14-15H2,1H3,(H,24,28);1-9,11H,10,12-13H2,(H,21,23). The highest BCUT2D eigenvalue weighted by Crippen LogP contribution is 2.22. The Morgan fingerprint density at radius 3 is 1.80 bits per heavy atom. The van der Waals surface area contributed by atoms with Gasteiger partial charge in [0.05, 0.1) is 31.1 Å². The van der Waals surface area contributed by atoms with E-state index in [0.717, 1.165) is 28.1 Å². The van der Waals surface area contributed by atoms with Crippen molar-refractivity contribution in [2.45, 2.75) is 39.6 Å². The number of benzene rings is 4. The number of aliphatic imine (C=N–C) groups is 1. The molecule has 6 rings (SSSR count). The van der Waals surface area contributed by atoms with Crippen LogP contribution in [0.5, 0.6) is 0 Å². The van der Waals surface area contributed by atoms with Crippen LogP contribution >= 0.6 is 0 Å². The minimum absolute atomic E-state index is 0.0498. The van der Waals surface area contributed by atoms with Crippen LogP contribution in [0.15, 0.2) is 126 Å². The van der Waals surface area contributed by atoms with Gasteiger partial charge in [-0.25, -0.2) is 23.4 Å².